The van der Waals surface area contributed by atoms with E-state index in [1.54, 1.807) is 0 Å². The predicted octanol–water partition coefficient (Wildman–Crippen LogP) is 4.01. The molecule has 2 unspecified atom stereocenters. The van der Waals surface area contributed by atoms with E-state index in [0.29, 0.717) is 5.56 Å². The number of aliphatic hydroxyl groups is 1. The van der Waals surface area contributed by atoms with E-state index < -0.39 is 23.8 Å². The number of hydrogen-bond donors (Lipinski definition) is 2. The van der Waals surface area contributed by atoms with Gasteiger partial charge in [-0.15, -0.1) is 0 Å². The van der Waals surface area contributed by atoms with Gasteiger partial charge >= 0.3 is 0 Å². The lowest BCUT2D eigenvalue weighted by atomic mass is 9.96. The molecule has 20 heavy (non-hydrogen) atoms. The second-order valence-electron chi connectivity index (χ2n) is 4.35. The monoisotopic (exact) mass is 317 g/mol. The van der Waals surface area contributed by atoms with Crippen LogP contribution in [0.3, 0.4) is 0 Å². The first-order valence-electron chi connectivity index (χ1n) is 5.73. The highest BCUT2D eigenvalue weighted by Crippen LogP contribution is 2.30. The molecule has 0 aromatic heterocycles. The molecule has 0 aliphatic rings. The van der Waals surface area contributed by atoms with Gasteiger partial charge in [0.2, 0.25) is 0 Å². The molecule has 2 aromatic rings. The number of aliphatic hydroxyl groups excluding tert-OH is 1. The number of benzene rings is 2. The van der Waals surface area contributed by atoms with Crippen molar-refractivity contribution in [2.24, 2.45) is 5.73 Å². The molecule has 0 saturated heterocycles. The molecule has 2 atom stereocenters. The van der Waals surface area contributed by atoms with E-state index in [4.69, 9.17) is 28.9 Å². The van der Waals surface area contributed by atoms with Gasteiger partial charge in [0.15, 0.2) is 0 Å². The molecular weight excluding hydrogens is 307 g/mol. The minimum absolute atomic E-state index is 0.0377. The molecule has 0 radical (unpaired) electrons. The quantitative estimate of drug-likeness (QED) is 0.898. The SMILES string of the molecule is NC(c1ccc(Cl)c(F)c1)C(O)c1cc(F)cc(Cl)c1. The van der Waals surface area contributed by atoms with E-state index in [2.05, 4.69) is 0 Å². The van der Waals surface area contributed by atoms with Crippen LogP contribution in [0.2, 0.25) is 10.0 Å². The first-order valence-corrected chi connectivity index (χ1v) is 6.48. The maximum absolute atomic E-state index is 13.4. The maximum atomic E-state index is 13.4. The van der Waals surface area contributed by atoms with E-state index in [-0.39, 0.29) is 15.6 Å². The Morgan fingerprint density at radius 1 is 1.00 bits per heavy atom. The van der Waals surface area contributed by atoms with Crippen molar-refractivity contribution in [2.75, 3.05) is 0 Å². The average Bonchev–Trinajstić information content (AvgIpc) is 2.39. The molecule has 6 heteroatoms. The van der Waals surface area contributed by atoms with Gasteiger partial charge in [0, 0.05) is 5.02 Å². The Labute approximate surface area is 124 Å². The van der Waals surface area contributed by atoms with Crippen LogP contribution in [0.5, 0.6) is 0 Å². The van der Waals surface area contributed by atoms with Gasteiger partial charge in [0.25, 0.3) is 0 Å². The third kappa shape index (κ3) is 3.27. The second-order valence-corrected chi connectivity index (χ2v) is 5.19. The van der Waals surface area contributed by atoms with Crippen LogP contribution in [-0.2, 0) is 0 Å². The summed E-state index contributed by atoms with van der Waals surface area (Å²) in [6.45, 7) is 0. The first-order chi connectivity index (χ1) is 9.38. The molecule has 106 valence electrons. The lowest BCUT2D eigenvalue weighted by Crippen LogP contribution is -2.20. The lowest BCUT2D eigenvalue weighted by molar-refractivity contribution is 0.146. The predicted molar refractivity (Wildman–Crippen MR) is 74.7 cm³/mol. The molecular formula is C14H11Cl2F2NO. The number of rotatable bonds is 3. The molecule has 0 saturated carbocycles. The van der Waals surface area contributed by atoms with Gasteiger partial charge in [-0.3, -0.25) is 0 Å². The van der Waals surface area contributed by atoms with Crippen LogP contribution >= 0.6 is 23.2 Å². The highest BCUT2D eigenvalue weighted by molar-refractivity contribution is 6.31. The largest absolute Gasteiger partial charge is 0.386 e. The summed E-state index contributed by atoms with van der Waals surface area (Å²) in [7, 11) is 0. The van der Waals surface area contributed by atoms with E-state index in [1.165, 1.54) is 18.2 Å². The Balaban J connectivity index is 2.31. The minimum Gasteiger partial charge on any atom is -0.386 e. The normalized spacial score (nSPS) is 14.1. The molecule has 2 aromatic carbocycles. The van der Waals surface area contributed by atoms with Crippen molar-refractivity contribution in [3.05, 3.63) is 69.2 Å². The van der Waals surface area contributed by atoms with Crippen molar-refractivity contribution in [1.82, 2.24) is 0 Å². The molecule has 0 heterocycles. The molecule has 0 spiro atoms. The Morgan fingerprint density at radius 3 is 2.30 bits per heavy atom. The smallest absolute Gasteiger partial charge is 0.142 e. The lowest BCUT2D eigenvalue weighted by Gasteiger charge is -2.20. The van der Waals surface area contributed by atoms with E-state index >= 15 is 0 Å². The Morgan fingerprint density at radius 2 is 1.70 bits per heavy atom. The summed E-state index contributed by atoms with van der Waals surface area (Å²) < 4.78 is 26.6. The van der Waals surface area contributed by atoms with E-state index in [0.717, 1.165) is 18.2 Å². The summed E-state index contributed by atoms with van der Waals surface area (Å²) in [6.07, 6.45) is -1.22. The fraction of sp³-hybridized carbons (Fsp3) is 0.143. The molecule has 0 bridgehead atoms. The summed E-state index contributed by atoms with van der Waals surface area (Å²) in [5.41, 5.74) is 6.43. The van der Waals surface area contributed by atoms with Crippen molar-refractivity contribution in [2.45, 2.75) is 12.1 Å². The number of nitrogens with two attached hydrogens (primary N) is 1. The van der Waals surface area contributed by atoms with Crippen LogP contribution in [0.25, 0.3) is 0 Å². The standard InChI is InChI=1S/C14H11Cl2F2NO/c15-9-3-8(4-10(17)6-9)14(20)13(19)7-1-2-11(16)12(18)5-7/h1-6,13-14,20H,19H2. The van der Waals surface area contributed by atoms with Crippen molar-refractivity contribution >= 4 is 23.2 Å². The Bertz CT molecular complexity index is 616. The van der Waals surface area contributed by atoms with Crippen LogP contribution in [0.1, 0.15) is 23.3 Å². The zero-order valence-corrected chi connectivity index (χ0v) is 11.7. The fourth-order valence-electron chi connectivity index (χ4n) is 1.86. The van der Waals surface area contributed by atoms with Crippen LogP contribution in [0, 0.1) is 11.6 Å². The molecule has 0 aliphatic heterocycles. The van der Waals surface area contributed by atoms with Crippen LogP contribution in [0.4, 0.5) is 8.78 Å². The third-order valence-corrected chi connectivity index (χ3v) is 3.42. The van der Waals surface area contributed by atoms with Gasteiger partial charge in [0.1, 0.15) is 11.6 Å². The molecule has 2 rings (SSSR count). The van der Waals surface area contributed by atoms with E-state index in [1.807, 2.05) is 0 Å². The van der Waals surface area contributed by atoms with E-state index in [9.17, 15) is 13.9 Å². The van der Waals surface area contributed by atoms with Crippen molar-refractivity contribution in [1.29, 1.82) is 0 Å². The summed E-state index contributed by atoms with van der Waals surface area (Å²) in [5.74, 6) is -1.22. The average molecular weight is 318 g/mol. The highest BCUT2D eigenvalue weighted by Gasteiger charge is 2.20. The zero-order chi connectivity index (χ0) is 14.9. The first kappa shape index (κ1) is 15.2. The van der Waals surface area contributed by atoms with Gasteiger partial charge in [0.05, 0.1) is 17.2 Å². The van der Waals surface area contributed by atoms with Crippen LogP contribution < -0.4 is 5.73 Å². The van der Waals surface area contributed by atoms with Crippen molar-refractivity contribution < 1.29 is 13.9 Å². The zero-order valence-electron chi connectivity index (χ0n) is 10.2. The summed E-state index contributed by atoms with van der Waals surface area (Å²) >= 11 is 11.3. The highest BCUT2D eigenvalue weighted by atomic mass is 35.5. The topological polar surface area (TPSA) is 46.2 Å². The number of halogens is 4. The van der Waals surface area contributed by atoms with Crippen LogP contribution in [-0.4, -0.2) is 5.11 Å². The minimum atomic E-state index is -1.22. The molecule has 2 nitrogen and oxygen atoms in total. The second kappa shape index (κ2) is 6.06. The summed E-state index contributed by atoms with van der Waals surface area (Å²) in [5, 5.41) is 10.3. The fourth-order valence-corrected chi connectivity index (χ4v) is 2.20. The van der Waals surface area contributed by atoms with Crippen molar-refractivity contribution in [3.8, 4) is 0 Å². The van der Waals surface area contributed by atoms with Gasteiger partial charge < -0.3 is 10.8 Å². The maximum Gasteiger partial charge on any atom is 0.142 e. The Kier molecular flexibility index (Phi) is 4.60. The van der Waals surface area contributed by atoms with Gasteiger partial charge in [-0.05, 0) is 41.5 Å². The summed E-state index contributed by atoms with van der Waals surface area (Å²) in [6, 6.07) is 6.70. The molecule has 0 amide bonds. The van der Waals surface area contributed by atoms with Gasteiger partial charge in [-0.25, -0.2) is 8.78 Å². The molecule has 0 aliphatic carbocycles. The van der Waals surface area contributed by atoms with Gasteiger partial charge in [-0.1, -0.05) is 29.3 Å². The van der Waals surface area contributed by atoms with Crippen LogP contribution in [0.15, 0.2) is 36.4 Å². The number of hydrogen-bond acceptors (Lipinski definition) is 2. The Hall–Kier alpha value is -1.20. The third-order valence-electron chi connectivity index (χ3n) is 2.90. The molecule has 0 fully saturated rings. The summed E-state index contributed by atoms with van der Waals surface area (Å²) in [4.78, 5) is 0. The van der Waals surface area contributed by atoms with Crippen molar-refractivity contribution in [3.63, 3.8) is 0 Å². The van der Waals surface area contributed by atoms with Gasteiger partial charge in [-0.2, -0.15) is 0 Å². The molecule has 3 N–H and O–H groups in total.